The minimum atomic E-state index is -5.21. The quantitative estimate of drug-likeness (QED) is 0.0680. The van der Waals surface area contributed by atoms with Gasteiger partial charge in [-0.05, 0) is 122 Å². The van der Waals surface area contributed by atoms with Gasteiger partial charge in [-0.2, -0.15) is 26.3 Å². The monoisotopic (exact) mass is 1250 g/mol. The molecule has 0 fully saturated rings. The smallest absolute Gasteiger partial charge is 0.323 e. The van der Waals surface area contributed by atoms with Crippen molar-refractivity contribution in [2.24, 2.45) is 0 Å². The third-order valence-corrected chi connectivity index (χ3v) is 17.3. The zero-order valence-electron chi connectivity index (χ0n) is 45.5. The number of hydrogen-bond donors (Lipinski definition) is 3. The lowest BCUT2D eigenvalue weighted by Gasteiger charge is -2.26. The Bertz CT molecular complexity index is 4050. The van der Waals surface area contributed by atoms with Crippen LogP contribution in [0.4, 0.5) is 60.5 Å². The Hall–Kier alpha value is -9.99. The van der Waals surface area contributed by atoms with Crippen LogP contribution < -0.4 is 28.9 Å². The second kappa shape index (κ2) is 28.7. The Morgan fingerprint density at radius 3 is 0.954 bits per heavy atom. The average molecular weight is 1250 g/mol. The summed E-state index contributed by atoms with van der Waals surface area (Å²) in [7, 11) is -12.5. The third kappa shape index (κ3) is 18.0. The molecule has 9 aromatic rings. The number of hydrogen-bond acceptors (Lipinski definition) is 12. The topological polar surface area (TPSA) is 238 Å². The number of benzene rings is 6. The number of halogens is 6. The maximum absolute atomic E-state index is 13.3. The molecular formula is C60H51F6N9O9S3. The number of aromatic nitrogens is 3. The number of alkyl halides is 6. The van der Waals surface area contributed by atoms with Crippen LogP contribution in [0.25, 0.3) is 0 Å². The lowest BCUT2D eigenvalue weighted by molar-refractivity contribution is -0.143. The molecule has 27 heteroatoms. The number of anilines is 6. The van der Waals surface area contributed by atoms with E-state index in [-0.39, 0.29) is 51.1 Å². The van der Waals surface area contributed by atoms with Crippen molar-refractivity contribution in [2.45, 2.75) is 34.0 Å². The number of nitrogens with one attached hydrogen (secondary N) is 3. The van der Waals surface area contributed by atoms with Crippen LogP contribution in [0.5, 0.6) is 0 Å². The maximum Gasteiger partial charge on any atom is 0.416 e. The molecule has 87 heavy (non-hydrogen) atoms. The van der Waals surface area contributed by atoms with E-state index >= 15 is 0 Å². The zero-order valence-corrected chi connectivity index (χ0v) is 47.9. The summed E-state index contributed by atoms with van der Waals surface area (Å²) in [6, 6.07) is 47.9. The lowest BCUT2D eigenvalue weighted by Crippen LogP contribution is -2.38. The van der Waals surface area contributed by atoms with Crippen molar-refractivity contribution in [1.29, 1.82) is 0 Å². The largest absolute Gasteiger partial charge is 0.416 e. The van der Waals surface area contributed by atoms with E-state index in [9.17, 15) is 66.0 Å². The standard InChI is InChI=1S/C21H15F6N3O3S.C20H19N3O3S.C19H17N3O3S/c22-20(23,24)14-9-15(21(25,26)27)11-17(10-14)30(34(32,33)18-6-2-1-3-7-18)13-19(31)29-16-5-4-8-28-12-16;1-16-9-11-18(12-10-16)23(27(25,26)19-7-3-2-4-8-19)15-20(24)22-17-6-5-13-21-14-17;23-19(21-16-8-7-13-20-14-16)15-22(17-9-3-1-4-10-17)26(24,25)18-11-5-2-6-12-18/h1-12H,13H2,(H,29,31);2-14H,15H2,1H3,(H,22,24);1-14H,15H2,(H,21,23). The fourth-order valence-electron chi connectivity index (χ4n) is 7.79. The molecule has 3 aromatic heterocycles. The molecule has 0 spiro atoms. The SMILES string of the molecule is Cc1ccc(N(CC(=O)Nc2cccnc2)S(=O)(=O)c2ccccc2)cc1.O=C(CN(c1cc(C(F)(F)F)cc(C(F)(F)F)c1)S(=O)(=O)c1ccccc1)Nc1cccnc1.O=C(CN(c1ccccc1)S(=O)(=O)c1ccccc1)Nc1cccnc1. The van der Waals surface area contributed by atoms with E-state index in [1.165, 1.54) is 79.4 Å². The van der Waals surface area contributed by atoms with Gasteiger partial charge in [0.1, 0.15) is 19.6 Å². The molecule has 0 bridgehead atoms. The fraction of sp³-hybridized carbons (Fsp3) is 0.100. The van der Waals surface area contributed by atoms with Crippen LogP contribution in [-0.2, 0) is 56.8 Å². The Kier molecular flexibility index (Phi) is 21.3. The van der Waals surface area contributed by atoms with E-state index in [1.807, 2.05) is 19.1 Å². The Morgan fingerprint density at radius 1 is 0.379 bits per heavy atom. The summed E-state index contributed by atoms with van der Waals surface area (Å²) in [5.74, 6) is -1.93. The zero-order chi connectivity index (χ0) is 62.8. The number of carbonyl (C=O) groups is 3. The van der Waals surface area contributed by atoms with Crippen LogP contribution in [0.15, 0.2) is 252 Å². The van der Waals surface area contributed by atoms with Gasteiger partial charge in [-0.15, -0.1) is 0 Å². The minimum absolute atomic E-state index is 0.123. The van der Waals surface area contributed by atoms with Crippen LogP contribution in [0, 0.1) is 6.92 Å². The molecule has 0 radical (unpaired) electrons. The minimum Gasteiger partial charge on any atom is -0.323 e. The number of para-hydroxylation sites is 1. The van der Waals surface area contributed by atoms with Crippen LogP contribution in [0.1, 0.15) is 16.7 Å². The van der Waals surface area contributed by atoms with Crippen molar-refractivity contribution in [1.82, 2.24) is 15.0 Å². The lowest BCUT2D eigenvalue weighted by atomic mass is 10.1. The molecule has 3 N–H and O–H groups in total. The van der Waals surface area contributed by atoms with Crippen molar-refractivity contribution in [3.8, 4) is 0 Å². The number of pyridine rings is 3. The molecule has 3 amide bonds. The van der Waals surface area contributed by atoms with Gasteiger partial charge in [0.15, 0.2) is 0 Å². The number of rotatable bonds is 18. The van der Waals surface area contributed by atoms with E-state index in [1.54, 1.807) is 116 Å². The molecule has 6 aromatic carbocycles. The Labute approximate surface area is 497 Å². The first-order valence-corrected chi connectivity index (χ1v) is 29.9. The van der Waals surface area contributed by atoms with Crippen molar-refractivity contribution in [3.63, 3.8) is 0 Å². The van der Waals surface area contributed by atoms with Gasteiger partial charge in [0.05, 0.1) is 78.5 Å². The van der Waals surface area contributed by atoms with E-state index in [2.05, 4.69) is 30.9 Å². The van der Waals surface area contributed by atoms with Gasteiger partial charge in [0.2, 0.25) is 17.7 Å². The third-order valence-electron chi connectivity index (χ3n) is 11.9. The van der Waals surface area contributed by atoms with Crippen molar-refractivity contribution in [2.75, 3.05) is 48.5 Å². The van der Waals surface area contributed by atoms with E-state index < -0.39 is 88.4 Å². The summed E-state index contributed by atoms with van der Waals surface area (Å²) >= 11 is 0. The van der Waals surface area contributed by atoms with E-state index in [4.69, 9.17) is 0 Å². The van der Waals surface area contributed by atoms with Crippen molar-refractivity contribution in [3.05, 3.63) is 254 Å². The second-order valence-electron chi connectivity index (χ2n) is 18.3. The molecule has 9 rings (SSSR count). The first-order chi connectivity index (χ1) is 41.3. The average Bonchev–Trinajstić information content (AvgIpc) is 1.40. The predicted octanol–water partition coefficient (Wildman–Crippen LogP) is 11.1. The molecule has 0 saturated carbocycles. The molecular weight excluding hydrogens is 1200 g/mol. The molecule has 0 aliphatic heterocycles. The molecule has 0 unspecified atom stereocenters. The first-order valence-electron chi connectivity index (χ1n) is 25.6. The summed E-state index contributed by atoms with van der Waals surface area (Å²) in [6.07, 6.45) is -1.63. The second-order valence-corrected chi connectivity index (χ2v) is 23.9. The number of nitrogens with zero attached hydrogens (tertiary/aromatic N) is 6. The summed E-state index contributed by atoms with van der Waals surface area (Å²) in [4.78, 5) is 48.9. The molecule has 0 aliphatic carbocycles. The number of sulfonamides is 3. The van der Waals surface area contributed by atoms with Crippen molar-refractivity contribution >= 4 is 81.9 Å². The summed E-state index contributed by atoms with van der Waals surface area (Å²) in [6.45, 7) is 0.102. The van der Waals surface area contributed by atoms with Crippen molar-refractivity contribution < 1.29 is 66.0 Å². The van der Waals surface area contributed by atoms with Gasteiger partial charge in [0, 0.05) is 18.6 Å². The van der Waals surface area contributed by atoms with Crippen LogP contribution in [0.3, 0.4) is 0 Å². The molecule has 3 heterocycles. The van der Waals surface area contributed by atoms with Crippen LogP contribution >= 0.6 is 0 Å². The maximum atomic E-state index is 13.3. The highest BCUT2D eigenvalue weighted by molar-refractivity contribution is 7.93. The summed E-state index contributed by atoms with van der Waals surface area (Å²) in [5.41, 5.74) is -1.45. The molecule has 450 valence electrons. The highest BCUT2D eigenvalue weighted by Crippen LogP contribution is 2.40. The van der Waals surface area contributed by atoms with Gasteiger partial charge in [-0.3, -0.25) is 42.3 Å². The van der Waals surface area contributed by atoms with Gasteiger partial charge in [-0.25, -0.2) is 25.3 Å². The number of aryl methyl sites for hydroxylation is 1. The molecule has 0 saturated heterocycles. The summed E-state index contributed by atoms with van der Waals surface area (Å²) < 4.78 is 161. The first kappa shape index (κ1) is 64.6. The normalized spacial score (nSPS) is 11.5. The van der Waals surface area contributed by atoms with Gasteiger partial charge < -0.3 is 16.0 Å². The highest BCUT2D eigenvalue weighted by Gasteiger charge is 2.39. The molecule has 0 aliphatic rings. The number of amides is 3. The highest BCUT2D eigenvalue weighted by atomic mass is 32.2. The van der Waals surface area contributed by atoms with Crippen LogP contribution in [0.2, 0.25) is 0 Å². The summed E-state index contributed by atoms with van der Waals surface area (Å²) in [5, 5.41) is 7.63. The predicted molar refractivity (Wildman–Crippen MR) is 316 cm³/mol. The Balaban J connectivity index is 0.000000189. The fourth-order valence-corrected chi connectivity index (χ4v) is 12.1. The van der Waals surface area contributed by atoms with Gasteiger partial charge >= 0.3 is 12.4 Å². The van der Waals surface area contributed by atoms with E-state index in [0.29, 0.717) is 22.7 Å². The molecule has 18 nitrogen and oxygen atoms in total. The molecule has 0 atom stereocenters. The van der Waals surface area contributed by atoms with E-state index in [0.717, 1.165) is 26.3 Å². The Morgan fingerprint density at radius 2 is 0.667 bits per heavy atom. The van der Waals surface area contributed by atoms with Gasteiger partial charge in [0.25, 0.3) is 30.1 Å². The van der Waals surface area contributed by atoms with Crippen LogP contribution in [-0.4, -0.2) is 77.6 Å². The number of carbonyl (C=O) groups excluding carboxylic acids is 3. The van der Waals surface area contributed by atoms with Gasteiger partial charge in [-0.1, -0.05) is 90.5 Å².